The fourth-order valence-corrected chi connectivity index (χ4v) is 3.54. The van der Waals surface area contributed by atoms with Gasteiger partial charge in [-0.1, -0.05) is 19.1 Å². The molecule has 3 rings (SSSR count). The molecule has 0 aromatic carbocycles. The van der Waals surface area contributed by atoms with E-state index in [9.17, 15) is 4.79 Å². The number of nitrogens with zero attached hydrogens (tertiary/aromatic N) is 5. The monoisotopic (exact) mass is 334 g/mol. The van der Waals surface area contributed by atoms with Gasteiger partial charge in [0.05, 0.1) is 12.7 Å². The van der Waals surface area contributed by atoms with E-state index in [0.717, 1.165) is 32.0 Å². The highest BCUT2D eigenvalue weighted by atomic mass is 16.2. The predicted octanol–water partition coefficient (Wildman–Crippen LogP) is 0.819. The maximum Gasteiger partial charge on any atom is 0.276 e. The quantitative estimate of drug-likeness (QED) is 0.833. The summed E-state index contributed by atoms with van der Waals surface area (Å²) in [5.74, 6) is 1.41. The van der Waals surface area contributed by atoms with Crippen molar-refractivity contribution >= 4 is 5.91 Å². The van der Waals surface area contributed by atoms with Crippen LogP contribution in [0.3, 0.4) is 0 Å². The van der Waals surface area contributed by atoms with Crippen LogP contribution in [0.4, 0.5) is 0 Å². The summed E-state index contributed by atoms with van der Waals surface area (Å²) < 4.78 is 1.64. The first-order chi connectivity index (χ1) is 11.6. The normalized spacial score (nSPS) is 22.8. The highest BCUT2D eigenvalue weighted by Gasteiger charge is 2.33. The molecule has 24 heavy (non-hydrogen) atoms. The van der Waals surface area contributed by atoms with Crippen molar-refractivity contribution < 1.29 is 4.79 Å². The SMILES string of the molecule is CC(C)C1CN(C(=O)c2cn(CCN)nn2)CCCN1CC1CC1. The Hall–Kier alpha value is -1.47. The van der Waals surface area contributed by atoms with E-state index in [1.54, 1.807) is 10.9 Å². The number of aromatic nitrogens is 3. The van der Waals surface area contributed by atoms with Crippen LogP contribution in [0.25, 0.3) is 0 Å². The third kappa shape index (κ3) is 4.13. The molecule has 1 aliphatic heterocycles. The van der Waals surface area contributed by atoms with Crippen LogP contribution < -0.4 is 5.73 Å². The van der Waals surface area contributed by atoms with Gasteiger partial charge in [0.2, 0.25) is 0 Å². The van der Waals surface area contributed by atoms with Gasteiger partial charge in [-0.15, -0.1) is 5.10 Å². The zero-order valence-electron chi connectivity index (χ0n) is 14.9. The molecule has 7 nitrogen and oxygen atoms in total. The van der Waals surface area contributed by atoms with Crippen molar-refractivity contribution in [1.82, 2.24) is 24.8 Å². The molecule has 0 spiro atoms. The van der Waals surface area contributed by atoms with Crippen molar-refractivity contribution in [3.63, 3.8) is 0 Å². The molecule has 2 heterocycles. The van der Waals surface area contributed by atoms with Gasteiger partial charge < -0.3 is 10.6 Å². The molecule has 1 aromatic heterocycles. The van der Waals surface area contributed by atoms with Crippen LogP contribution in [0, 0.1) is 11.8 Å². The molecule has 1 amide bonds. The zero-order chi connectivity index (χ0) is 17.1. The standard InChI is InChI=1S/C17H30N6O/c1-13(2)16-12-22(8-3-7-21(16)10-14-4-5-14)17(24)15-11-23(9-6-18)20-19-15/h11,13-14,16H,3-10,12,18H2,1-2H3. The molecule has 134 valence electrons. The van der Waals surface area contributed by atoms with Crippen LogP contribution in [-0.4, -0.2) is 69.5 Å². The average molecular weight is 334 g/mol. The van der Waals surface area contributed by atoms with E-state index in [1.807, 2.05) is 4.90 Å². The molecule has 1 aliphatic carbocycles. The van der Waals surface area contributed by atoms with Gasteiger partial charge >= 0.3 is 0 Å². The molecule has 1 aromatic rings. The van der Waals surface area contributed by atoms with Crippen LogP contribution >= 0.6 is 0 Å². The van der Waals surface area contributed by atoms with Crippen molar-refractivity contribution in [2.24, 2.45) is 17.6 Å². The van der Waals surface area contributed by atoms with E-state index >= 15 is 0 Å². The molecule has 1 saturated heterocycles. The summed E-state index contributed by atoms with van der Waals surface area (Å²) in [4.78, 5) is 17.4. The molecule has 1 saturated carbocycles. The van der Waals surface area contributed by atoms with Crippen LogP contribution in [0.15, 0.2) is 6.20 Å². The molecular formula is C17H30N6O. The van der Waals surface area contributed by atoms with Gasteiger partial charge in [0.25, 0.3) is 5.91 Å². The molecule has 1 unspecified atom stereocenters. The number of hydrogen-bond donors (Lipinski definition) is 1. The van der Waals surface area contributed by atoms with E-state index in [0.29, 0.717) is 30.7 Å². The highest BCUT2D eigenvalue weighted by Crippen LogP contribution is 2.32. The molecule has 2 fully saturated rings. The van der Waals surface area contributed by atoms with Crippen LogP contribution in [0.5, 0.6) is 0 Å². The number of carbonyl (C=O) groups excluding carboxylic acids is 1. The summed E-state index contributed by atoms with van der Waals surface area (Å²) in [7, 11) is 0. The van der Waals surface area contributed by atoms with Gasteiger partial charge in [0, 0.05) is 38.8 Å². The first-order valence-electron chi connectivity index (χ1n) is 9.22. The number of rotatable bonds is 6. The minimum absolute atomic E-state index is 0.00260. The summed E-state index contributed by atoms with van der Waals surface area (Å²) in [6, 6.07) is 0.427. The summed E-state index contributed by atoms with van der Waals surface area (Å²) >= 11 is 0. The Morgan fingerprint density at radius 2 is 2.17 bits per heavy atom. The average Bonchev–Trinajstić information content (AvgIpc) is 3.29. The van der Waals surface area contributed by atoms with E-state index in [1.165, 1.54) is 19.4 Å². The van der Waals surface area contributed by atoms with Crippen molar-refractivity contribution in [2.75, 3.05) is 32.7 Å². The largest absolute Gasteiger partial charge is 0.336 e. The van der Waals surface area contributed by atoms with Gasteiger partial charge in [0.15, 0.2) is 5.69 Å². The number of nitrogens with two attached hydrogens (primary N) is 1. The van der Waals surface area contributed by atoms with Crippen molar-refractivity contribution in [3.8, 4) is 0 Å². The molecule has 0 radical (unpaired) electrons. The Kier molecular flexibility index (Phi) is 5.50. The lowest BCUT2D eigenvalue weighted by molar-refractivity contribution is 0.0698. The third-order valence-electron chi connectivity index (χ3n) is 5.11. The van der Waals surface area contributed by atoms with Gasteiger partial charge in [-0.25, -0.2) is 0 Å². The van der Waals surface area contributed by atoms with E-state index in [-0.39, 0.29) is 5.91 Å². The number of amides is 1. The highest BCUT2D eigenvalue weighted by molar-refractivity contribution is 5.92. The Morgan fingerprint density at radius 1 is 1.38 bits per heavy atom. The minimum Gasteiger partial charge on any atom is -0.336 e. The maximum absolute atomic E-state index is 12.8. The molecule has 1 atom stereocenters. The Labute approximate surface area is 144 Å². The molecule has 7 heteroatoms. The topological polar surface area (TPSA) is 80.3 Å². The van der Waals surface area contributed by atoms with Crippen molar-refractivity contribution in [2.45, 2.75) is 45.7 Å². The first kappa shape index (κ1) is 17.4. The zero-order valence-corrected chi connectivity index (χ0v) is 14.9. The van der Waals surface area contributed by atoms with Crippen molar-refractivity contribution in [1.29, 1.82) is 0 Å². The summed E-state index contributed by atoms with van der Waals surface area (Å²) in [6.45, 7) is 9.46. The Balaban J connectivity index is 1.68. The van der Waals surface area contributed by atoms with Crippen LogP contribution in [0.1, 0.15) is 43.6 Å². The first-order valence-corrected chi connectivity index (χ1v) is 9.22. The summed E-state index contributed by atoms with van der Waals surface area (Å²) in [6.07, 6.45) is 5.48. The van der Waals surface area contributed by atoms with Gasteiger partial charge in [-0.3, -0.25) is 14.4 Å². The van der Waals surface area contributed by atoms with Crippen LogP contribution in [0.2, 0.25) is 0 Å². The Morgan fingerprint density at radius 3 is 2.83 bits per heavy atom. The van der Waals surface area contributed by atoms with E-state index in [2.05, 4.69) is 29.1 Å². The molecule has 2 N–H and O–H groups in total. The fraction of sp³-hybridized carbons (Fsp3) is 0.824. The second-order valence-corrected chi connectivity index (χ2v) is 7.51. The lowest BCUT2D eigenvalue weighted by Gasteiger charge is -2.34. The fourth-order valence-electron chi connectivity index (χ4n) is 3.54. The maximum atomic E-state index is 12.8. The minimum atomic E-state index is -0.00260. The molecule has 2 aliphatic rings. The summed E-state index contributed by atoms with van der Waals surface area (Å²) in [5.41, 5.74) is 5.96. The molecule has 0 bridgehead atoms. The van der Waals surface area contributed by atoms with Crippen molar-refractivity contribution in [3.05, 3.63) is 11.9 Å². The second-order valence-electron chi connectivity index (χ2n) is 7.51. The summed E-state index contributed by atoms with van der Waals surface area (Å²) in [5, 5.41) is 8.03. The second kappa shape index (κ2) is 7.61. The number of carbonyl (C=O) groups is 1. The number of hydrogen-bond acceptors (Lipinski definition) is 5. The smallest absolute Gasteiger partial charge is 0.276 e. The van der Waals surface area contributed by atoms with E-state index < -0.39 is 0 Å². The Bertz CT molecular complexity index is 553. The van der Waals surface area contributed by atoms with Gasteiger partial charge in [-0.2, -0.15) is 0 Å². The van der Waals surface area contributed by atoms with Gasteiger partial charge in [0.1, 0.15) is 0 Å². The third-order valence-corrected chi connectivity index (χ3v) is 5.11. The lowest BCUT2D eigenvalue weighted by atomic mass is 10.0. The van der Waals surface area contributed by atoms with E-state index in [4.69, 9.17) is 5.73 Å². The van der Waals surface area contributed by atoms with Crippen LogP contribution in [-0.2, 0) is 6.54 Å². The lowest BCUT2D eigenvalue weighted by Crippen LogP contribution is -2.46. The molecular weight excluding hydrogens is 304 g/mol. The predicted molar refractivity (Wildman–Crippen MR) is 92.5 cm³/mol. The van der Waals surface area contributed by atoms with Gasteiger partial charge in [-0.05, 0) is 31.1 Å².